The Morgan fingerprint density at radius 1 is 0.929 bits per heavy atom. The summed E-state index contributed by atoms with van der Waals surface area (Å²) in [5.41, 5.74) is 0.316. The largest absolute Gasteiger partial charge is 0.460 e. The van der Waals surface area contributed by atoms with Gasteiger partial charge in [-0.15, -0.1) is 0 Å². The van der Waals surface area contributed by atoms with Crippen LogP contribution in [0, 0.1) is 12.8 Å². The molecule has 0 aliphatic heterocycles. The zero-order valence-corrected chi connectivity index (χ0v) is 15.0. The first-order valence-electron chi connectivity index (χ1n) is 8.30. The minimum Gasteiger partial charge on any atom is -0.294 e. The van der Waals surface area contributed by atoms with Crippen LogP contribution in [0.5, 0.6) is 0 Å². The molecule has 0 saturated heterocycles. The minimum absolute atomic E-state index is 0.0463. The van der Waals surface area contributed by atoms with Gasteiger partial charge in [-0.2, -0.15) is 30.7 Å². The van der Waals surface area contributed by atoms with E-state index in [0.29, 0.717) is 18.6 Å². The van der Waals surface area contributed by atoms with Gasteiger partial charge in [0, 0.05) is 17.0 Å². The van der Waals surface area contributed by atoms with Gasteiger partial charge in [-0.05, 0) is 18.9 Å². The second-order valence-corrected chi connectivity index (χ2v) is 6.68. The zero-order valence-electron chi connectivity index (χ0n) is 15.0. The molecule has 0 aliphatic carbocycles. The molecule has 28 heavy (non-hydrogen) atoms. The van der Waals surface area contributed by atoms with Gasteiger partial charge in [-0.25, -0.2) is 0 Å². The van der Waals surface area contributed by atoms with Crippen LogP contribution in [0.2, 0.25) is 0 Å². The van der Waals surface area contributed by atoms with E-state index >= 15 is 0 Å². The number of rotatable bonds is 6. The van der Waals surface area contributed by atoms with E-state index in [4.69, 9.17) is 0 Å². The third kappa shape index (κ3) is 4.20. The highest BCUT2D eigenvalue weighted by molar-refractivity contribution is 5.97. The molecule has 2 rings (SSSR count). The molecule has 0 saturated carbocycles. The maximum atomic E-state index is 13.7. The summed E-state index contributed by atoms with van der Waals surface area (Å²) in [7, 11) is 0. The Hall–Kier alpha value is -2.38. The van der Waals surface area contributed by atoms with Crippen molar-refractivity contribution in [3.63, 3.8) is 0 Å². The van der Waals surface area contributed by atoms with E-state index in [-0.39, 0.29) is 5.56 Å². The van der Waals surface area contributed by atoms with Gasteiger partial charge in [-0.1, -0.05) is 61.0 Å². The molecular formula is C20H17F7O. The van der Waals surface area contributed by atoms with Crippen molar-refractivity contribution in [1.82, 2.24) is 0 Å². The number of hydrogen-bond acceptors (Lipinski definition) is 1. The topological polar surface area (TPSA) is 17.1 Å². The maximum Gasteiger partial charge on any atom is 0.460 e. The van der Waals surface area contributed by atoms with Crippen molar-refractivity contribution in [2.75, 3.05) is 0 Å². The first-order chi connectivity index (χ1) is 12.8. The van der Waals surface area contributed by atoms with Crippen molar-refractivity contribution in [3.05, 3.63) is 70.8 Å². The summed E-state index contributed by atoms with van der Waals surface area (Å²) in [5.74, 6) is -12.7. The normalized spacial score (nSPS) is 14.0. The Balaban J connectivity index is 2.20. The molecule has 0 radical (unpaired) electrons. The molecule has 2 aromatic carbocycles. The third-order valence-corrected chi connectivity index (χ3v) is 4.35. The Labute approximate surface area is 157 Å². The average molecular weight is 406 g/mol. The predicted molar refractivity (Wildman–Crippen MR) is 89.7 cm³/mol. The molecule has 0 amide bonds. The molecule has 0 aliphatic rings. The lowest BCUT2D eigenvalue weighted by atomic mass is 9.91. The second-order valence-electron chi connectivity index (χ2n) is 6.68. The van der Waals surface area contributed by atoms with E-state index in [0.717, 1.165) is 23.3 Å². The fourth-order valence-corrected chi connectivity index (χ4v) is 2.77. The molecule has 1 unspecified atom stereocenters. The Morgan fingerprint density at radius 2 is 1.50 bits per heavy atom. The van der Waals surface area contributed by atoms with Crippen LogP contribution in [-0.2, 0) is 12.3 Å². The lowest BCUT2D eigenvalue weighted by Crippen LogP contribution is -2.50. The zero-order chi connectivity index (χ0) is 21.3. The summed E-state index contributed by atoms with van der Waals surface area (Å²) in [6.07, 6.45) is -6.04. The fraction of sp³-hybridized carbons (Fsp3) is 0.350. The van der Waals surface area contributed by atoms with Gasteiger partial charge >= 0.3 is 18.0 Å². The summed E-state index contributed by atoms with van der Waals surface area (Å²) >= 11 is 0. The summed E-state index contributed by atoms with van der Waals surface area (Å²) in [6, 6.07) is 9.92. The van der Waals surface area contributed by atoms with Crippen LogP contribution in [0.25, 0.3) is 0 Å². The molecule has 1 nitrogen and oxygen atoms in total. The van der Waals surface area contributed by atoms with Gasteiger partial charge in [0.05, 0.1) is 0 Å². The van der Waals surface area contributed by atoms with Gasteiger partial charge in [0.15, 0.2) is 5.78 Å². The van der Waals surface area contributed by atoms with Crippen LogP contribution in [0.15, 0.2) is 48.5 Å². The molecule has 8 heteroatoms. The quantitative estimate of drug-likeness (QED) is 0.404. The molecule has 152 valence electrons. The van der Waals surface area contributed by atoms with Crippen molar-refractivity contribution in [1.29, 1.82) is 0 Å². The molecule has 2 aromatic rings. The third-order valence-electron chi connectivity index (χ3n) is 4.35. The number of ketones is 1. The monoisotopic (exact) mass is 406 g/mol. The van der Waals surface area contributed by atoms with Crippen LogP contribution >= 0.6 is 0 Å². The van der Waals surface area contributed by atoms with Crippen molar-refractivity contribution >= 4 is 5.78 Å². The van der Waals surface area contributed by atoms with E-state index in [2.05, 4.69) is 0 Å². The van der Waals surface area contributed by atoms with E-state index in [1.165, 1.54) is 0 Å². The van der Waals surface area contributed by atoms with Crippen molar-refractivity contribution in [3.8, 4) is 0 Å². The summed E-state index contributed by atoms with van der Waals surface area (Å²) in [5, 5.41) is 0. The van der Waals surface area contributed by atoms with Crippen LogP contribution in [0.1, 0.15) is 34.0 Å². The minimum atomic E-state index is -6.41. The van der Waals surface area contributed by atoms with E-state index in [1.54, 1.807) is 6.92 Å². The van der Waals surface area contributed by atoms with Gasteiger partial charge in [0.25, 0.3) is 0 Å². The smallest absolute Gasteiger partial charge is 0.294 e. The highest BCUT2D eigenvalue weighted by Gasteiger charge is 2.73. The van der Waals surface area contributed by atoms with Crippen LogP contribution in [0.3, 0.4) is 0 Å². The maximum absolute atomic E-state index is 13.7. The van der Waals surface area contributed by atoms with Crippen LogP contribution < -0.4 is 0 Å². The molecular weight excluding hydrogens is 389 g/mol. The van der Waals surface area contributed by atoms with E-state index in [9.17, 15) is 35.5 Å². The molecule has 0 N–H and O–H groups in total. The molecule has 0 spiro atoms. The number of benzene rings is 2. The fourth-order valence-electron chi connectivity index (χ4n) is 2.77. The molecule has 0 fully saturated rings. The Kier molecular flexibility index (Phi) is 5.92. The number of hydrogen-bond donors (Lipinski definition) is 0. The Bertz CT molecular complexity index is 838. The number of halogens is 7. The highest BCUT2D eigenvalue weighted by Crippen LogP contribution is 2.51. The first-order valence-corrected chi connectivity index (χ1v) is 8.30. The lowest BCUT2D eigenvalue weighted by molar-refractivity contribution is -0.359. The van der Waals surface area contributed by atoms with Crippen molar-refractivity contribution in [2.45, 2.75) is 38.3 Å². The molecule has 0 heterocycles. The van der Waals surface area contributed by atoms with Crippen molar-refractivity contribution < 1.29 is 35.5 Å². The standard InChI is InChI=1S/C20H17F7O/c1-12-4-3-5-14(10-12)11-13(2)17(28)15-6-8-16(9-7-15)18(21,22)19(23,24)20(25,26)27/h3-10,13H,11H2,1-2H3. The summed E-state index contributed by atoms with van der Waals surface area (Å²) in [6.45, 7) is 3.50. The van der Waals surface area contributed by atoms with E-state index in [1.807, 2.05) is 31.2 Å². The van der Waals surface area contributed by atoms with Gasteiger partial charge < -0.3 is 0 Å². The lowest BCUT2D eigenvalue weighted by Gasteiger charge is -2.28. The molecule has 0 bridgehead atoms. The first kappa shape index (κ1) is 21.9. The number of carbonyl (C=O) groups is 1. The Morgan fingerprint density at radius 3 is 2.00 bits per heavy atom. The summed E-state index contributed by atoms with van der Waals surface area (Å²) in [4.78, 5) is 12.4. The number of aryl methyl sites for hydroxylation is 1. The van der Waals surface area contributed by atoms with Gasteiger partial charge in [0.2, 0.25) is 0 Å². The number of Topliss-reactive ketones (excluding diaryl/α,β-unsaturated/α-hetero) is 1. The average Bonchev–Trinajstić information content (AvgIpc) is 2.60. The molecule has 1 atom stereocenters. The summed E-state index contributed by atoms with van der Waals surface area (Å²) < 4.78 is 90.4. The van der Waals surface area contributed by atoms with Crippen molar-refractivity contribution in [2.24, 2.45) is 5.92 Å². The van der Waals surface area contributed by atoms with Crippen LogP contribution in [-0.4, -0.2) is 17.9 Å². The predicted octanol–water partition coefficient (Wildman–Crippen LogP) is 6.35. The second kappa shape index (κ2) is 7.56. The van der Waals surface area contributed by atoms with Gasteiger partial charge in [0.1, 0.15) is 0 Å². The number of carbonyl (C=O) groups excluding carboxylic acids is 1. The molecule has 0 aromatic heterocycles. The van der Waals surface area contributed by atoms with Gasteiger partial charge in [-0.3, -0.25) is 4.79 Å². The SMILES string of the molecule is Cc1cccc(CC(C)C(=O)c2ccc(C(F)(F)C(F)(F)C(F)(F)F)cc2)c1. The number of alkyl halides is 7. The van der Waals surface area contributed by atoms with E-state index < -0.39 is 35.3 Å². The highest BCUT2D eigenvalue weighted by atomic mass is 19.4. The van der Waals surface area contributed by atoms with Crippen LogP contribution in [0.4, 0.5) is 30.7 Å².